The summed E-state index contributed by atoms with van der Waals surface area (Å²) in [7, 11) is 1.39. The largest absolute Gasteiger partial charge is 0.494 e. The lowest BCUT2D eigenvalue weighted by atomic mass is 10.1. The van der Waals surface area contributed by atoms with Crippen LogP contribution in [0.1, 0.15) is 29.0 Å². The Morgan fingerprint density at radius 1 is 1.21 bits per heavy atom. The highest BCUT2D eigenvalue weighted by atomic mass is 32.2. The average molecular weight is 403 g/mol. The van der Waals surface area contributed by atoms with E-state index in [1.165, 1.54) is 49.3 Å². The molecule has 1 unspecified atom stereocenters. The van der Waals surface area contributed by atoms with Crippen molar-refractivity contribution < 1.29 is 18.3 Å². The van der Waals surface area contributed by atoms with Crippen LogP contribution in [0.5, 0.6) is 5.75 Å². The first-order chi connectivity index (χ1) is 13.4. The molecule has 0 bridgehead atoms. The third kappa shape index (κ3) is 4.01. The molecule has 8 heteroatoms. The normalized spacial score (nSPS) is 11.9. The third-order valence-electron chi connectivity index (χ3n) is 4.25. The Morgan fingerprint density at radius 2 is 1.93 bits per heavy atom. The molecule has 0 aliphatic carbocycles. The lowest BCUT2D eigenvalue weighted by Crippen LogP contribution is -2.28. The number of ether oxygens (including phenoxy) is 1. The summed E-state index contributed by atoms with van der Waals surface area (Å²) in [5.41, 5.74) is 1.53. The molecule has 1 atom stereocenters. The smallest absolute Gasteiger partial charge is 0.270 e. The number of hydrogen-bond acceptors (Lipinski definition) is 4. The van der Waals surface area contributed by atoms with Gasteiger partial charge in [0.2, 0.25) is 0 Å². The van der Waals surface area contributed by atoms with Crippen LogP contribution in [-0.2, 0) is 0 Å². The second-order valence-electron chi connectivity index (χ2n) is 6.03. The summed E-state index contributed by atoms with van der Waals surface area (Å²) in [5.74, 6) is -1.10. The minimum absolute atomic E-state index is 0.140. The SMILES string of the molecule is COc1ccc(C(C)NC(=O)c2cnc(SC)n2-c2ccc(F)cc2)cc1F. The standard InChI is InChI=1S/C20H19F2N3O2S/c1-12(13-4-9-18(27-2)16(22)10-13)24-19(26)17-11-23-20(28-3)25(17)15-7-5-14(21)6-8-15/h4-12H,1-3H3,(H,24,26). The molecule has 0 saturated carbocycles. The van der Waals surface area contributed by atoms with Crippen LogP contribution >= 0.6 is 11.8 Å². The monoisotopic (exact) mass is 403 g/mol. The number of aromatic nitrogens is 2. The molecule has 0 saturated heterocycles. The molecule has 1 aromatic heterocycles. The number of rotatable bonds is 6. The number of hydrogen-bond donors (Lipinski definition) is 1. The first-order valence-electron chi connectivity index (χ1n) is 8.46. The molecule has 0 aliphatic heterocycles. The summed E-state index contributed by atoms with van der Waals surface area (Å²) < 4.78 is 33.8. The molecule has 0 fully saturated rings. The predicted molar refractivity (Wildman–Crippen MR) is 104 cm³/mol. The Balaban J connectivity index is 1.87. The fourth-order valence-corrected chi connectivity index (χ4v) is 3.33. The van der Waals surface area contributed by atoms with Crippen LogP contribution in [0.4, 0.5) is 8.78 Å². The molecular weight excluding hydrogens is 384 g/mol. The van der Waals surface area contributed by atoms with E-state index >= 15 is 0 Å². The van der Waals surface area contributed by atoms with Gasteiger partial charge in [-0.05, 0) is 55.1 Å². The maximum Gasteiger partial charge on any atom is 0.270 e. The van der Waals surface area contributed by atoms with Crippen LogP contribution < -0.4 is 10.1 Å². The van der Waals surface area contributed by atoms with Gasteiger partial charge in [-0.1, -0.05) is 17.8 Å². The Labute approximate surface area is 165 Å². The zero-order chi connectivity index (χ0) is 20.3. The van der Waals surface area contributed by atoms with E-state index in [0.29, 0.717) is 22.1 Å². The maximum atomic E-state index is 14.0. The first kappa shape index (κ1) is 19.9. The van der Waals surface area contributed by atoms with Gasteiger partial charge in [-0.3, -0.25) is 9.36 Å². The Kier molecular flexibility index (Phi) is 5.99. The van der Waals surface area contributed by atoms with Gasteiger partial charge >= 0.3 is 0 Å². The number of carbonyl (C=O) groups is 1. The average Bonchev–Trinajstić information content (AvgIpc) is 3.12. The molecule has 0 spiro atoms. The highest BCUT2D eigenvalue weighted by Gasteiger charge is 2.20. The van der Waals surface area contributed by atoms with Gasteiger partial charge in [-0.15, -0.1) is 0 Å². The number of nitrogens with one attached hydrogen (secondary N) is 1. The number of amides is 1. The van der Waals surface area contributed by atoms with Crippen molar-refractivity contribution in [2.75, 3.05) is 13.4 Å². The van der Waals surface area contributed by atoms with E-state index in [2.05, 4.69) is 10.3 Å². The zero-order valence-electron chi connectivity index (χ0n) is 15.6. The van der Waals surface area contributed by atoms with Crippen LogP contribution in [0.15, 0.2) is 53.8 Å². The van der Waals surface area contributed by atoms with Gasteiger partial charge in [0.15, 0.2) is 16.7 Å². The van der Waals surface area contributed by atoms with Crippen molar-refractivity contribution in [2.24, 2.45) is 0 Å². The lowest BCUT2D eigenvalue weighted by molar-refractivity contribution is 0.0932. The maximum absolute atomic E-state index is 14.0. The van der Waals surface area contributed by atoms with E-state index in [-0.39, 0.29) is 17.5 Å². The highest BCUT2D eigenvalue weighted by molar-refractivity contribution is 7.98. The van der Waals surface area contributed by atoms with Crippen molar-refractivity contribution in [3.63, 3.8) is 0 Å². The van der Waals surface area contributed by atoms with Crippen molar-refractivity contribution in [1.29, 1.82) is 0 Å². The van der Waals surface area contributed by atoms with Crippen molar-refractivity contribution in [1.82, 2.24) is 14.9 Å². The van der Waals surface area contributed by atoms with Gasteiger partial charge in [0, 0.05) is 5.69 Å². The van der Waals surface area contributed by atoms with Crippen molar-refractivity contribution in [3.05, 3.63) is 71.6 Å². The molecule has 2 aromatic carbocycles. The molecule has 5 nitrogen and oxygen atoms in total. The second-order valence-corrected chi connectivity index (χ2v) is 6.80. The molecule has 3 aromatic rings. The van der Waals surface area contributed by atoms with E-state index in [1.807, 2.05) is 6.26 Å². The molecule has 0 radical (unpaired) electrons. The summed E-state index contributed by atoms with van der Waals surface area (Å²) in [6.07, 6.45) is 3.30. The van der Waals surface area contributed by atoms with Gasteiger partial charge in [0.25, 0.3) is 5.91 Å². The molecular formula is C20H19F2N3O2S. The first-order valence-corrected chi connectivity index (χ1v) is 9.69. The van der Waals surface area contributed by atoms with E-state index in [0.717, 1.165) is 0 Å². The summed E-state index contributed by atoms with van der Waals surface area (Å²) in [5, 5.41) is 3.44. The zero-order valence-corrected chi connectivity index (χ0v) is 16.4. The molecule has 3 rings (SSSR count). The predicted octanol–water partition coefficient (Wildman–Crippen LogP) is 4.37. The molecule has 1 N–H and O–H groups in total. The van der Waals surface area contributed by atoms with E-state index in [1.54, 1.807) is 29.7 Å². The number of methoxy groups -OCH3 is 1. The molecule has 28 heavy (non-hydrogen) atoms. The number of thioether (sulfide) groups is 1. The topological polar surface area (TPSA) is 56.1 Å². The van der Waals surface area contributed by atoms with Gasteiger partial charge in [0.1, 0.15) is 11.5 Å². The van der Waals surface area contributed by atoms with Crippen LogP contribution in [0.25, 0.3) is 5.69 Å². The summed E-state index contributed by atoms with van der Waals surface area (Å²) in [4.78, 5) is 17.1. The quantitative estimate of drug-likeness (QED) is 0.621. The Hall–Kier alpha value is -2.87. The minimum atomic E-state index is -0.498. The third-order valence-corrected chi connectivity index (χ3v) is 4.91. The number of benzene rings is 2. The van der Waals surface area contributed by atoms with E-state index in [9.17, 15) is 13.6 Å². The molecule has 1 heterocycles. The second kappa shape index (κ2) is 8.43. The molecule has 1 amide bonds. The molecule has 0 aliphatic rings. The number of imidazole rings is 1. The Bertz CT molecular complexity index is 990. The summed E-state index contributed by atoms with van der Waals surface area (Å²) in [6, 6.07) is 9.90. The number of nitrogens with zero attached hydrogens (tertiary/aromatic N) is 2. The fraction of sp³-hybridized carbons (Fsp3) is 0.200. The Morgan fingerprint density at radius 3 is 2.54 bits per heavy atom. The van der Waals surface area contributed by atoms with Crippen molar-refractivity contribution in [2.45, 2.75) is 18.1 Å². The van der Waals surface area contributed by atoms with E-state index in [4.69, 9.17) is 4.74 Å². The van der Waals surface area contributed by atoms with Gasteiger partial charge in [-0.25, -0.2) is 13.8 Å². The number of carbonyl (C=O) groups excluding carboxylic acids is 1. The number of halogens is 2. The van der Waals surface area contributed by atoms with E-state index < -0.39 is 11.9 Å². The highest BCUT2D eigenvalue weighted by Crippen LogP contribution is 2.24. The molecule has 146 valence electrons. The van der Waals surface area contributed by atoms with Crippen LogP contribution in [-0.4, -0.2) is 28.8 Å². The van der Waals surface area contributed by atoms with Crippen molar-refractivity contribution >= 4 is 17.7 Å². The lowest BCUT2D eigenvalue weighted by Gasteiger charge is -2.16. The van der Waals surface area contributed by atoms with Crippen LogP contribution in [0.3, 0.4) is 0 Å². The van der Waals surface area contributed by atoms with Gasteiger partial charge in [0.05, 0.1) is 19.3 Å². The minimum Gasteiger partial charge on any atom is -0.494 e. The van der Waals surface area contributed by atoms with Crippen LogP contribution in [0, 0.1) is 11.6 Å². The van der Waals surface area contributed by atoms with Crippen molar-refractivity contribution in [3.8, 4) is 11.4 Å². The van der Waals surface area contributed by atoms with Gasteiger partial charge < -0.3 is 10.1 Å². The summed E-state index contributed by atoms with van der Waals surface area (Å²) in [6.45, 7) is 1.76. The van der Waals surface area contributed by atoms with Crippen LogP contribution in [0.2, 0.25) is 0 Å². The van der Waals surface area contributed by atoms with Gasteiger partial charge in [-0.2, -0.15) is 0 Å². The fourth-order valence-electron chi connectivity index (χ4n) is 2.78. The summed E-state index contributed by atoms with van der Waals surface area (Å²) >= 11 is 1.37.